The lowest BCUT2D eigenvalue weighted by atomic mass is 10.1. The molecule has 162 valence electrons. The van der Waals surface area contributed by atoms with Gasteiger partial charge in [0.05, 0.1) is 16.7 Å². The molecule has 32 heavy (non-hydrogen) atoms. The van der Waals surface area contributed by atoms with Gasteiger partial charge in [-0.3, -0.25) is 9.36 Å². The molecule has 0 unspecified atom stereocenters. The highest BCUT2D eigenvalue weighted by Gasteiger charge is 2.20. The number of nitrogens with zero attached hydrogens (tertiary/aromatic N) is 3. The Bertz CT molecular complexity index is 1230. The summed E-state index contributed by atoms with van der Waals surface area (Å²) in [7, 11) is 0. The number of fused-ring (bicyclic) bond motifs is 1. The Morgan fingerprint density at radius 2 is 1.97 bits per heavy atom. The van der Waals surface area contributed by atoms with Crippen LogP contribution in [0.1, 0.15) is 18.5 Å². The minimum atomic E-state index is -0.161. The van der Waals surface area contributed by atoms with Crippen molar-refractivity contribution in [2.75, 3.05) is 12.5 Å². The van der Waals surface area contributed by atoms with Crippen LogP contribution in [-0.2, 0) is 4.79 Å². The minimum Gasteiger partial charge on any atom is -0.454 e. The maximum Gasteiger partial charge on any atom is 0.231 e. The number of para-hydroxylation sites is 1. The fraction of sp³-hybridized carbons (Fsp3) is 0.174. The topological polar surface area (TPSA) is 78.3 Å². The van der Waals surface area contributed by atoms with Crippen LogP contribution in [0.4, 0.5) is 0 Å². The van der Waals surface area contributed by atoms with Gasteiger partial charge in [-0.25, -0.2) is 0 Å². The predicted molar refractivity (Wildman–Crippen MR) is 125 cm³/mol. The SMILES string of the molecule is C[C@@H](NC(=O)CSc1nnc(-c2cccs2)n1-c1ccccc1)c1ccc2c(c1)OCO2. The number of benzene rings is 2. The number of aromatic nitrogens is 3. The number of hydrogen-bond acceptors (Lipinski definition) is 7. The number of hydrogen-bond donors (Lipinski definition) is 1. The predicted octanol–water partition coefficient (Wildman–Crippen LogP) is 4.69. The molecule has 7 nitrogen and oxygen atoms in total. The van der Waals surface area contributed by atoms with E-state index < -0.39 is 0 Å². The molecule has 2 aromatic carbocycles. The first-order valence-corrected chi connectivity index (χ1v) is 11.9. The van der Waals surface area contributed by atoms with Gasteiger partial charge in [-0.1, -0.05) is 42.1 Å². The number of thiophene rings is 1. The Hall–Kier alpha value is -3.30. The zero-order chi connectivity index (χ0) is 21.9. The van der Waals surface area contributed by atoms with Crippen molar-refractivity contribution >= 4 is 29.0 Å². The van der Waals surface area contributed by atoms with Gasteiger partial charge >= 0.3 is 0 Å². The third-order valence-electron chi connectivity index (χ3n) is 5.00. The molecule has 1 amide bonds. The van der Waals surface area contributed by atoms with Crippen LogP contribution >= 0.6 is 23.1 Å². The van der Waals surface area contributed by atoms with Gasteiger partial charge in [0.25, 0.3) is 0 Å². The second-order valence-electron chi connectivity index (χ2n) is 7.15. The summed E-state index contributed by atoms with van der Waals surface area (Å²) in [6.45, 7) is 2.17. The maximum atomic E-state index is 12.7. The molecule has 0 saturated carbocycles. The van der Waals surface area contributed by atoms with Crippen LogP contribution in [-0.4, -0.2) is 33.2 Å². The van der Waals surface area contributed by atoms with Gasteiger partial charge in [-0.2, -0.15) is 0 Å². The molecule has 0 radical (unpaired) electrons. The maximum absolute atomic E-state index is 12.7. The van der Waals surface area contributed by atoms with Gasteiger partial charge in [0, 0.05) is 5.69 Å². The van der Waals surface area contributed by atoms with E-state index >= 15 is 0 Å². The average molecular weight is 465 g/mol. The number of ether oxygens (including phenoxy) is 2. The van der Waals surface area contributed by atoms with Crippen LogP contribution in [0.15, 0.2) is 71.2 Å². The molecule has 4 aromatic rings. The van der Waals surface area contributed by atoms with Crippen molar-refractivity contribution in [3.05, 3.63) is 71.6 Å². The Balaban J connectivity index is 1.30. The first-order valence-electron chi connectivity index (χ1n) is 10.1. The third kappa shape index (κ3) is 4.21. The number of nitrogens with one attached hydrogen (secondary N) is 1. The summed E-state index contributed by atoms with van der Waals surface area (Å²) in [5, 5.41) is 14.5. The summed E-state index contributed by atoms with van der Waals surface area (Å²) in [6.07, 6.45) is 0. The van der Waals surface area contributed by atoms with E-state index in [1.165, 1.54) is 11.8 Å². The molecule has 1 N–H and O–H groups in total. The lowest BCUT2D eigenvalue weighted by Gasteiger charge is -2.15. The second-order valence-corrected chi connectivity index (χ2v) is 9.04. The number of amides is 1. The van der Waals surface area contributed by atoms with Gasteiger partial charge in [-0.15, -0.1) is 21.5 Å². The summed E-state index contributed by atoms with van der Waals surface area (Å²) in [5.41, 5.74) is 1.91. The van der Waals surface area contributed by atoms with Crippen LogP contribution < -0.4 is 14.8 Å². The highest BCUT2D eigenvalue weighted by molar-refractivity contribution is 7.99. The number of rotatable bonds is 7. The normalized spacial score (nSPS) is 13.2. The number of thioether (sulfide) groups is 1. The minimum absolute atomic E-state index is 0.0829. The average Bonchev–Trinajstić information content (AvgIpc) is 3.58. The van der Waals surface area contributed by atoms with Crippen molar-refractivity contribution in [2.24, 2.45) is 0 Å². The van der Waals surface area contributed by atoms with Crippen LogP contribution in [0.3, 0.4) is 0 Å². The first-order chi connectivity index (χ1) is 15.7. The summed E-state index contributed by atoms with van der Waals surface area (Å²) in [4.78, 5) is 13.7. The van der Waals surface area contributed by atoms with Crippen molar-refractivity contribution in [3.8, 4) is 27.9 Å². The van der Waals surface area contributed by atoms with Crippen molar-refractivity contribution in [1.82, 2.24) is 20.1 Å². The van der Waals surface area contributed by atoms with Gasteiger partial charge in [0.1, 0.15) is 0 Å². The molecule has 0 bridgehead atoms. The summed E-state index contributed by atoms with van der Waals surface area (Å²) in [6, 6.07) is 19.5. The van der Waals surface area contributed by atoms with Crippen LogP contribution in [0.2, 0.25) is 0 Å². The monoisotopic (exact) mass is 464 g/mol. The fourth-order valence-electron chi connectivity index (χ4n) is 3.42. The summed E-state index contributed by atoms with van der Waals surface area (Å²) in [5.74, 6) is 2.34. The quantitative estimate of drug-likeness (QED) is 0.400. The molecule has 1 aliphatic heterocycles. The molecule has 0 fully saturated rings. The van der Waals surface area contributed by atoms with Gasteiger partial charge in [-0.05, 0) is 48.2 Å². The third-order valence-corrected chi connectivity index (χ3v) is 6.79. The smallest absolute Gasteiger partial charge is 0.231 e. The lowest BCUT2D eigenvalue weighted by molar-refractivity contribution is -0.119. The van der Waals surface area contributed by atoms with Crippen LogP contribution in [0.5, 0.6) is 11.5 Å². The Morgan fingerprint density at radius 3 is 2.78 bits per heavy atom. The number of carbonyl (C=O) groups excluding carboxylic acids is 1. The Kier molecular flexibility index (Phi) is 5.83. The highest BCUT2D eigenvalue weighted by atomic mass is 32.2. The highest BCUT2D eigenvalue weighted by Crippen LogP contribution is 2.34. The van der Waals surface area contributed by atoms with Gasteiger partial charge in [0.15, 0.2) is 22.5 Å². The van der Waals surface area contributed by atoms with Crippen LogP contribution in [0.25, 0.3) is 16.4 Å². The molecule has 0 aliphatic carbocycles. The Labute approximate surface area is 193 Å². The van der Waals surface area contributed by atoms with E-state index in [4.69, 9.17) is 9.47 Å². The van der Waals surface area contributed by atoms with Gasteiger partial charge in [0.2, 0.25) is 12.7 Å². The molecule has 2 aromatic heterocycles. The zero-order valence-corrected chi connectivity index (χ0v) is 18.9. The molecule has 5 rings (SSSR count). The first kappa shape index (κ1) is 20.6. The van der Waals surface area contributed by atoms with Crippen molar-refractivity contribution in [2.45, 2.75) is 18.1 Å². The van der Waals surface area contributed by atoms with Crippen molar-refractivity contribution < 1.29 is 14.3 Å². The standard InChI is InChI=1S/C23H20N4O3S2/c1-15(16-9-10-18-19(12-16)30-14-29-18)24-21(28)13-32-23-26-25-22(20-8-5-11-31-20)27(23)17-6-3-2-4-7-17/h2-12,15H,13-14H2,1H3,(H,24,28)/t15-/m1/s1. The largest absolute Gasteiger partial charge is 0.454 e. The fourth-order valence-corrected chi connectivity index (χ4v) is 4.88. The van der Waals surface area contributed by atoms with Crippen molar-refractivity contribution in [3.63, 3.8) is 0 Å². The zero-order valence-electron chi connectivity index (χ0n) is 17.2. The van der Waals surface area contributed by atoms with Crippen LogP contribution in [0, 0.1) is 0 Å². The van der Waals surface area contributed by atoms with E-state index in [1.54, 1.807) is 11.3 Å². The van der Waals surface area contributed by atoms with E-state index in [2.05, 4.69) is 15.5 Å². The molecule has 1 atom stereocenters. The van der Waals surface area contributed by atoms with E-state index in [0.717, 1.165) is 27.7 Å². The second kappa shape index (κ2) is 9.05. The van der Waals surface area contributed by atoms with E-state index in [1.807, 2.05) is 77.5 Å². The summed E-state index contributed by atoms with van der Waals surface area (Å²) < 4.78 is 12.8. The molecule has 3 heterocycles. The molecular formula is C23H20N4O3S2. The molecule has 0 spiro atoms. The van der Waals surface area contributed by atoms with Gasteiger partial charge < -0.3 is 14.8 Å². The number of carbonyl (C=O) groups is 1. The lowest BCUT2D eigenvalue weighted by Crippen LogP contribution is -2.28. The molecule has 0 saturated heterocycles. The Morgan fingerprint density at radius 1 is 1.12 bits per heavy atom. The van der Waals surface area contributed by atoms with E-state index in [0.29, 0.717) is 10.9 Å². The summed E-state index contributed by atoms with van der Waals surface area (Å²) >= 11 is 2.97. The van der Waals surface area contributed by atoms with E-state index in [-0.39, 0.29) is 24.5 Å². The molecular weight excluding hydrogens is 444 g/mol. The van der Waals surface area contributed by atoms with E-state index in [9.17, 15) is 4.79 Å². The molecule has 1 aliphatic rings. The van der Waals surface area contributed by atoms with Crippen molar-refractivity contribution in [1.29, 1.82) is 0 Å². The molecule has 9 heteroatoms.